The standard InChI is InChI=1S/C24H27Cl2FN2O2/c1-2-22(24(31)28-19-5-3-4-6-19)29(15-17-9-12-20(25)21(26)13-17)23(30)14-16-7-10-18(27)11-8-16/h7-13,19,22H,2-6,14-15H2,1H3,(H,28,31)/t22-/m0/s1. The molecule has 1 atom stereocenters. The number of nitrogens with zero attached hydrogens (tertiary/aromatic N) is 1. The molecule has 2 aromatic carbocycles. The Morgan fingerprint density at radius 2 is 1.71 bits per heavy atom. The second kappa shape index (κ2) is 11.0. The summed E-state index contributed by atoms with van der Waals surface area (Å²) >= 11 is 12.2. The Bertz CT molecular complexity index is 914. The van der Waals surface area contributed by atoms with Gasteiger partial charge in [0, 0.05) is 12.6 Å². The lowest BCUT2D eigenvalue weighted by atomic mass is 10.1. The summed E-state index contributed by atoms with van der Waals surface area (Å²) in [4.78, 5) is 28.0. The molecule has 4 nitrogen and oxygen atoms in total. The molecule has 2 amide bonds. The van der Waals surface area contributed by atoms with Gasteiger partial charge in [0.25, 0.3) is 0 Å². The van der Waals surface area contributed by atoms with E-state index in [1.807, 2.05) is 6.92 Å². The van der Waals surface area contributed by atoms with Crippen LogP contribution in [0.2, 0.25) is 10.0 Å². The SMILES string of the molecule is CC[C@@H](C(=O)NC1CCCC1)N(Cc1ccc(Cl)c(Cl)c1)C(=O)Cc1ccc(F)cc1. The summed E-state index contributed by atoms with van der Waals surface area (Å²) in [6.45, 7) is 2.12. The molecule has 1 fully saturated rings. The predicted octanol–water partition coefficient (Wildman–Crippen LogP) is 5.54. The highest BCUT2D eigenvalue weighted by Gasteiger charge is 2.30. The number of halogens is 3. The Morgan fingerprint density at radius 1 is 1.06 bits per heavy atom. The third-order valence-electron chi connectivity index (χ3n) is 5.69. The molecule has 1 N–H and O–H groups in total. The smallest absolute Gasteiger partial charge is 0.243 e. The molecule has 31 heavy (non-hydrogen) atoms. The third kappa shape index (κ3) is 6.44. The van der Waals surface area contributed by atoms with Crippen molar-refractivity contribution in [3.63, 3.8) is 0 Å². The largest absolute Gasteiger partial charge is 0.352 e. The van der Waals surface area contributed by atoms with Crippen LogP contribution in [0.15, 0.2) is 42.5 Å². The molecular weight excluding hydrogens is 438 g/mol. The topological polar surface area (TPSA) is 49.4 Å². The first-order valence-corrected chi connectivity index (χ1v) is 11.4. The van der Waals surface area contributed by atoms with Crippen molar-refractivity contribution in [1.29, 1.82) is 0 Å². The number of amides is 2. The van der Waals surface area contributed by atoms with Crippen molar-refractivity contribution in [2.45, 2.75) is 64.1 Å². The highest BCUT2D eigenvalue weighted by atomic mass is 35.5. The summed E-state index contributed by atoms with van der Waals surface area (Å²) in [5.74, 6) is -0.695. The van der Waals surface area contributed by atoms with Crippen LogP contribution < -0.4 is 5.32 Å². The summed E-state index contributed by atoms with van der Waals surface area (Å²) in [5.41, 5.74) is 1.48. The number of rotatable bonds is 8. The van der Waals surface area contributed by atoms with Gasteiger partial charge in [-0.15, -0.1) is 0 Å². The first-order chi connectivity index (χ1) is 14.9. The van der Waals surface area contributed by atoms with Crippen LogP contribution in [0, 0.1) is 5.82 Å². The van der Waals surface area contributed by atoms with Crippen molar-refractivity contribution in [2.24, 2.45) is 0 Å². The maximum atomic E-state index is 13.3. The number of carbonyl (C=O) groups excluding carboxylic acids is 2. The van der Waals surface area contributed by atoms with E-state index >= 15 is 0 Å². The fourth-order valence-corrected chi connectivity index (χ4v) is 4.32. The first kappa shape index (κ1) is 23.6. The van der Waals surface area contributed by atoms with E-state index in [0.717, 1.165) is 31.2 Å². The number of hydrogen-bond acceptors (Lipinski definition) is 2. The van der Waals surface area contributed by atoms with E-state index in [0.29, 0.717) is 22.0 Å². The second-order valence-electron chi connectivity index (χ2n) is 7.99. The summed E-state index contributed by atoms with van der Waals surface area (Å²) in [7, 11) is 0. The Kier molecular flexibility index (Phi) is 8.33. The molecule has 1 aliphatic carbocycles. The summed E-state index contributed by atoms with van der Waals surface area (Å²) < 4.78 is 13.3. The van der Waals surface area contributed by atoms with Gasteiger partial charge in [-0.25, -0.2) is 4.39 Å². The highest BCUT2D eigenvalue weighted by molar-refractivity contribution is 6.42. The average Bonchev–Trinajstić information content (AvgIpc) is 3.25. The molecule has 0 spiro atoms. The van der Waals surface area contributed by atoms with E-state index in [1.165, 1.54) is 12.1 Å². The molecule has 166 valence electrons. The van der Waals surface area contributed by atoms with Gasteiger partial charge in [0.2, 0.25) is 11.8 Å². The highest BCUT2D eigenvalue weighted by Crippen LogP contribution is 2.25. The van der Waals surface area contributed by atoms with Gasteiger partial charge in [0.1, 0.15) is 11.9 Å². The van der Waals surface area contributed by atoms with E-state index in [-0.39, 0.29) is 36.6 Å². The lowest BCUT2D eigenvalue weighted by molar-refractivity contribution is -0.141. The minimum atomic E-state index is -0.608. The Labute approximate surface area is 192 Å². The first-order valence-electron chi connectivity index (χ1n) is 10.7. The zero-order valence-corrected chi connectivity index (χ0v) is 19.1. The van der Waals surface area contributed by atoms with Crippen LogP contribution in [0.1, 0.15) is 50.2 Å². The minimum absolute atomic E-state index is 0.0782. The zero-order chi connectivity index (χ0) is 22.4. The predicted molar refractivity (Wildman–Crippen MR) is 122 cm³/mol. The van der Waals surface area contributed by atoms with E-state index in [2.05, 4.69) is 5.32 Å². The third-order valence-corrected chi connectivity index (χ3v) is 6.43. The van der Waals surface area contributed by atoms with Gasteiger partial charge in [-0.05, 0) is 54.7 Å². The second-order valence-corrected chi connectivity index (χ2v) is 8.80. The van der Waals surface area contributed by atoms with Crippen LogP contribution in [0.25, 0.3) is 0 Å². The Morgan fingerprint density at radius 3 is 2.32 bits per heavy atom. The van der Waals surface area contributed by atoms with Crippen LogP contribution in [0.4, 0.5) is 4.39 Å². The lowest BCUT2D eigenvalue weighted by Crippen LogP contribution is -2.51. The van der Waals surface area contributed by atoms with Crippen molar-refractivity contribution >= 4 is 35.0 Å². The molecule has 0 aliphatic heterocycles. The van der Waals surface area contributed by atoms with Crippen molar-refractivity contribution < 1.29 is 14.0 Å². The zero-order valence-electron chi connectivity index (χ0n) is 17.5. The van der Waals surface area contributed by atoms with Gasteiger partial charge >= 0.3 is 0 Å². The molecular formula is C24H27Cl2FN2O2. The van der Waals surface area contributed by atoms with Gasteiger partial charge in [-0.2, -0.15) is 0 Å². The number of nitrogens with one attached hydrogen (secondary N) is 1. The molecule has 1 saturated carbocycles. The average molecular weight is 465 g/mol. The van der Waals surface area contributed by atoms with Gasteiger partial charge < -0.3 is 10.2 Å². The lowest BCUT2D eigenvalue weighted by Gasteiger charge is -2.31. The van der Waals surface area contributed by atoms with Crippen LogP contribution in [0.3, 0.4) is 0 Å². The summed E-state index contributed by atoms with van der Waals surface area (Å²) in [6.07, 6.45) is 4.72. The molecule has 7 heteroatoms. The van der Waals surface area contributed by atoms with Crippen LogP contribution in [-0.4, -0.2) is 28.8 Å². The van der Waals surface area contributed by atoms with Crippen LogP contribution in [0.5, 0.6) is 0 Å². The van der Waals surface area contributed by atoms with Crippen molar-refractivity contribution in [2.75, 3.05) is 0 Å². The molecule has 0 aromatic heterocycles. The maximum absolute atomic E-state index is 13.3. The molecule has 0 radical (unpaired) electrons. The molecule has 0 heterocycles. The van der Waals surface area contributed by atoms with Crippen LogP contribution in [-0.2, 0) is 22.6 Å². The van der Waals surface area contributed by atoms with E-state index in [4.69, 9.17) is 23.2 Å². The van der Waals surface area contributed by atoms with Gasteiger partial charge in [-0.1, -0.05) is 61.2 Å². The number of carbonyl (C=O) groups is 2. The molecule has 0 bridgehead atoms. The monoisotopic (exact) mass is 464 g/mol. The van der Waals surface area contributed by atoms with Gasteiger partial charge in [0.05, 0.1) is 16.5 Å². The molecule has 1 aliphatic rings. The Balaban J connectivity index is 1.83. The van der Waals surface area contributed by atoms with Crippen molar-refractivity contribution in [3.05, 3.63) is 69.5 Å². The fourth-order valence-electron chi connectivity index (χ4n) is 4.00. The van der Waals surface area contributed by atoms with E-state index in [9.17, 15) is 14.0 Å². The number of benzene rings is 2. The van der Waals surface area contributed by atoms with E-state index in [1.54, 1.807) is 35.2 Å². The maximum Gasteiger partial charge on any atom is 0.243 e. The minimum Gasteiger partial charge on any atom is -0.352 e. The quantitative estimate of drug-likeness (QED) is 0.557. The van der Waals surface area contributed by atoms with Crippen molar-refractivity contribution in [3.8, 4) is 0 Å². The molecule has 2 aromatic rings. The molecule has 0 unspecified atom stereocenters. The summed E-state index contributed by atoms with van der Waals surface area (Å²) in [6, 6.07) is 10.6. The molecule has 0 saturated heterocycles. The molecule has 3 rings (SSSR count). The van der Waals surface area contributed by atoms with E-state index < -0.39 is 6.04 Å². The Hall–Kier alpha value is -2.11. The van der Waals surface area contributed by atoms with Crippen molar-refractivity contribution in [1.82, 2.24) is 10.2 Å². The normalized spacial score (nSPS) is 15.0. The summed E-state index contributed by atoms with van der Waals surface area (Å²) in [5, 5.41) is 3.94. The van der Waals surface area contributed by atoms with Crippen LogP contribution >= 0.6 is 23.2 Å². The van der Waals surface area contributed by atoms with Gasteiger partial charge in [0.15, 0.2) is 0 Å². The number of hydrogen-bond donors (Lipinski definition) is 1. The fraction of sp³-hybridized carbons (Fsp3) is 0.417. The van der Waals surface area contributed by atoms with Gasteiger partial charge in [-0.3, -0.25) is 9.59 Å².